The highest BCUT2D eigenvalue weighted by atomic mass is 16.1. The lowest BCUT2D eigenvalue weighted by molar-refractivity contribution is 0.0963. The quantitative estimate of drug-likeness (QED) is 0.716. The number of rotatable bonds is 6. The van der Waals surface area contributed by atoms with E-state index in [1.807, 2.05) is 24.3 Å². The van der Waals surface area contributed by atoms with Crippen LogP contribution in [0.2, 0.25) is 0 Å². The van der Waals surface area contributed by atoms with Gasteiger partial charge < -0.3 is 16.4 Å². The maximum absolute atomic E-state index is 11.7. The van der Waals surface area contributed by atoms with Crippen LogP contribution in [0.25, 0.3) is 0 Å². The molecule has 0 spiro atoms. The number of carbonyl (C=O) groups is 1. The highest BCUT2D eigenvalue weighted by Gasteiger charge is 2.21. The Kier molecular flexibility index (Phi) is 6.73. The summed E-state index contributed by atoms with van der Waals surface area (Å²) in [5.41, 5.74) is 7.67. The number of anilines is 1. The van der Waals surface area contributed by atoms with E-state index in [2.05, 4.69) is 25.5 Å². The van der Waals surface area contributed by atoms with Gasteiger partial charge in [-0.3, -0.25) is 9.69 Å². The number of hydrogen-bond donors (Lipinski definition) is 3. The molecule has 0 aliphatic carbocycles. The zero-order valence-electron chi connectivity index (χ0n) is 15.8. The Morgan fingerprint density at radius 3 is 2.78 bits per heavy atom. The van der Waals surface area contributed by atoms with Crippen LogP contribution in [0.1, 0.15) is 41.0 Å². The topological polar surface area (TPSA) is 96.2 Å². The molecule has 1 fully saturated rings. The van der Waals surface area contributed by atoms with Gasteiger partial charge in [-0.1, -0.05) is 12.1 Å². The highest BCUT2D eigenvalue weighted by Crippen LogP contribution is 2.19. The minimum Gasteiger partial charge on any atom is -0.384 e. The maximum Gasteiger partial charge on any atom is 0.251 e. The molecule has 144 valence electrons. The second-order valence-electron chi connectivity index (χ2n) is 6.91. The van der Waals surface area contributed by atoms with E-state index in [-0.39, 0.29) is 5.91 Å². The summed E-state index contributed by atoms with van der Waals surface area (Å²) < 4.78 is 0. The first-order valence-corrected chi connectivity index (χ1v) is 9.49. The summed E-state index contributed by atoms with van der Waals surface area (Å²) in [7, 11) is 1.64. The van der Waals surface area contributed by atoms with Gasteiger partial charge in [0.1, 0.15) is 11.6 Å². The van der Waals surface area contributed by atoms with E-state index in [0.717, 1.165) is 44.7 Å². The number of benzene rings is 1. The number of amides is 1. The van der Waals surface area contributed by atoms with Gasteiger partial charge in [0.15, 0.2) is 0 Å². The van der Waals surface area contributed by atoms with Crippen LogP contribution in [0.5, 0.6) is 0 Å². The number of carbonyl (C=O) groups excluding carboxylic acids is 1. The lowest BCUT2D eigenvalue weighted by Crippen LogP contribution is -2.35. The number of hydrogen-bond acceptors (Lipinski definition) is 6. The van der Waals surface area contributed by atoms with Crippen molar-refractivity contribution in [3.63, 3.8) is 0 Å². The van der Waals surface area contributed by atoms with Crippen LogP contribution in [-0.2, 0) is 13.1 Å². The van der Waals surface area contributed by atoms with Gasteiger partial charge in [-0.25, -0.2) is 9.97 Å². The first-order valence-electron chi connectivity index (χ1n) is 9.49. The molecule has 1 aromatic carbocycles. The minimum absolute atomic E-state index is 0.0681. The van der Waals surface area contributed by atoms with Crippen molar-refractivity contribution < 1.29 is 4.79 Å². The smallest absolute Gasteiger partial charge is 0.251 e. The van der Waals surface area contributed by atoms with Gasteiger partial charge in [0.25, 0.3) is 5.91 Å². The number of nitrogens with two attached hydrogens (primary N) is 1. The molecule has 0 unspecified atom stereocenters. The second kappa shape index (κ2) is 9.43. The van der Waals surface area contributed by atoms with Crippen LogP contribution in [0.15, 0.2) is 36.5 Å². The molecule has 1 aromatic heterocycles. The molecule has 0 bridgehead atoms. The number of nitrogens with zero attached hydrogens (tertiary/aromatic N) is 3. The van der Waals surface area contributed by atoms with E-state index in [1.54, 1.807) is 19.3 Å². The standard InChI is InChI=1S/C20H28N6O/c1-22-20(27)16-6-4-15(5-7-16)13-26(17-3-2-10-23-11-8-17)14-19-24-12-9-18(21)25-19/h4-7,9,12,17,23H,2-3,8,10-11,13-14H2,1H3,(H,22,27)(H2,21,24,25)/t17-/m0/s1. The van der Waals surface area contributed by atoms with Crippen LogP contribution in [0.3, 0.4) is 0 Å². The minimum atomic E-state index is -0.0681. The zero-order chi connectivity index (χ0) is 19.1. The van der Waals surface area contributed by atoms with Gasteiger partial charge in [-0.15, -0.1) is 0 Å². The summed E-state index contributed by atoms with van der Waals surface area (Å²) in [6.07, 6.45) is 5.11. The first-order chi connectivity index (χ1) is 13.2. The van der Waals surface area contributed by atoms with Crippen molar-refractivity contribution in [2.45, 2.75) is 38.4 Å². The molecule has 7 heteroatoms. The molecule has 1 amide bonds. The van der Waals surface area contributed by atoms with Gasteiger partial charge in [-0.05, 0) is 56.1 Å². The number of nitrogens with one attached hydrogen (secondary N) is 2. The Hall–Kier alpha value is -2.51. The first kappa shape index (κ1) is 19.3. The molecular formula is C20H28N6O. The molecule has 1 aliphatic rings. The third-order valence-electron chi connectivity index (χ3n) is 4.96. The lowest BCUT2D eigenvalue weighted by Gasteiger charge is -2.30. The summed E-state index contributed by atoms with van der Waals surface area (Å²) in [6.45, 7) is 3.54. The van der Waals surface area contributed by atoms with E-state index in [4.69, 9.17) is 5.73 Å². The third kappa shape index (κ3) is 5.48. The van der Waals surface area contributed by atoms with Gasteiger partial charge in [-0.2, -0.15) is 0 Å². The predicted molar refractivity (Wildman–Crippen MR) is 106 cm³/mol. The van der Waals surface area contributed by atoms with E-state index >= 15 is 0 Å². The summed E-state index contributed by atoms with van der Waals surface area (Å²) in [4.78, 5) is 22.9. The van der Waals surface area contributed by atoms with Crippen LogP contribution in [-0.4, -0.2) is 47.0 Å². The van der Waals surface area contributed by atoms with Gasteiger partial charge in [0.05, 0.1) is 6.54 Å². The number of nitrogen functional groups attached to an aromatic ring is 1. The van der Waals surface area contributed by atoms with Crippen LogP contribution in [0.4, 0.5) is 5.82 Å². The van der Waals surface area contributed by atoms with Crippen molar-refractivity contribution in [3.8, 4) is 0 Å². The summed E-state index contributed by atoms with van der Waals surface area (Å²) in [5, 5.41) is 6.13. The monoisotopic (exact) mass is 368 g/mol. The summed E-state index contributed by atoms with van der Waals surface area (Å²) in [5.74, 6) is 1.17. The van der Waals surface area contributed by atoms with Crippen LogP contribution < -0.4 is 16.4 Å². The Labute approximate surface area is 160 Å². The molecule has 1 aliphatic heterocycles. The molecular weight excluding hydrogens is 340 g/mol. The maximum atomic E-state index is 11.7. The average molecular weight is 368 g/mol. The average Bonchev–Trinajstić information content (AvgIpc) is 2.97. The Morgan fingerprint density at radius 2 is 2.04 bits per heavy atom. The molecule has 1 saturated heterocycles. The lowest BCUT2D eigenvalue weighted by atomic mass is 10.0. The molecule has 3 rings (SSSR count). The van der Waals surface area contributed by atoms with Crippen molar-refractivity contribution in [1.29, 1.82) is 0 Å². The summed E-state index contributed by atoms with van der Waals surface area (Å²) in [6, 6.07) is 9.96. The highest BCUT2D eigenvalue weighted by molar-refractivity contribution is 5.93. The Balaban J connectivity index is 1.77. The molecule has 7 nitrogen and oxygen atoms in total. The van der Waals surface area contributed by atoms with Gasteiger partial charge in [0, 0.05) is 31.4 Å². The van der Waals surface area contributed by atoms with Crippen LogP contribution >= 0.6 is 0 Å². The molecule has 2 heterocycles. The molecule has 27 heavy (non-hydrogen) atoms. The number of aromatic nitrogens is 2. The van der Waals surface area contributed by atoms with E-state index in [9.17, 15) is 4.79 Å². The van der Waals surface area contributed by atoms with Crippen LogP contribution in [0, 0.1) is 0 Å². The normalized spacial score (nSPS) is 17.5. The summed E-state index contributed by atoms with van der Waals surface area (Å²) >= 11 is 0. The van der Waals surface area contributed by atoms with Crippen molar-refractivity contribution in [1.82, 2.24) is 25.5 Å². The Bertz CT molecular complexity index is 740. The second-order valence-corrected chi connectivity index (χ2v) is 6.91. The Morgan fingerprint density at radius 1 is 1.22 bits per heavy atom. The zero-order valence-corrected chi connectivity index (χ0v) is 15.8. The van der Waals surface area contributed by atoms with Crippen molar-refractivity contribution in [2.24, 2.45) is 0 Å². The largest absolute Gasteiger partial charge is 0.384 e. The van der Waals surface area contributed by atoms with Crippen molar-refractivity contribution in [3.05, 3.63) is 53.5 Å². The fourth-order valence-corrected chi connectivity index (χ4v) is 3.49. The molecule has 4 N–H and O–H groups in total. The van der Waals surface area contributed by atoms with Gasteiger partial charge in [0.2, 0.25) is 0 Å². The van der Waals surface area contributed by atoms with Crippen molar-refractivity contribution >= 4 is 11.7 Å². The molecule has 1 atom stereocenters. The predicted octanol–water partition coefficient (Wildman–Crippen LogP) is 1.56. The fraction of sp³-hybridized carbons (Fsp3) is 0.450. The van der Waals surface area contributed by atoms with E-state index in [0.29, 0.717) is 24.0 Å². The SMILES string of the molecule is CNC(=O)c1ccc(CN(Cc2nccc(N)n2)[C@H]2CCCNCC2)cc1. The third-order valence-corrected chi connectivity index (χ3v) is 4.96. The van der Waals surface area contributed by atoms with Crippen molar-refractivity contribution in [2.75, 3.05) is 25.9 Å². The molecule has 0 radical (unpaired) electrons. The van der Waals surface area contributed by atoms with E-state index in [1.165, 1.54) is 5.56 Å². The van der Waals surface area contributed by atoms with Gasteiger partial charge >= 0.3 is 0 Å². The molecule has 2 aromatic rings. The fourth-order valence-electron chi connectivity index (χ4n) is 3.49. The molecule has 0 saturated carbocycles. The van der Waals surface area contributed by atoms with E-state index < -0.39 is 0 Å².